The summed E-state index contributed by atoms with van der Waals surface area (Å²) >= 11 is 0. The monoisotopic (exact) mass is 262 g/mol. The van der Waals surface area contributed by atoms with E-state index in [2.05, 4.69) is 0 Å². The molecule has 0 saturated carbocycles. The van der Waals surface area contributed by atoms with Gasteiger partial charge in [0.2, 0.25) is 11.8 Å². The van der Waals surface area contributed by atoms with Crippen LogP contribution in [-0.2, 0) is 20.4 Å². The Balaban J connectivity index is 3.46. The predicted octanol–water partition coefficient (Wildman–Crippen LogP) is 1.52. The first-order valence-corrected chi connectivity index (χ1v) is 6.22. The molecule has 19 heavy (non-hydrogen) atoms. The number of benzene rings is 1. The van der Waals surface area contributed by atoms with Crippen molar-refractivity contribution < 1.29 is 9.59 Å². The fourth-order valence-electron chi connectivity index (χ4n) is 1.79. The lowest BCUT2D eigenvalue weighted by atomic mass is 9.77. The lowest BCUT2D eigenvalue weighted by molar-refractivity contribution is -0.122. The van der Waals surface area contributed by atoms with Gasteiger partial charge in [0.15, 0.2) is 0 Å². The Morgan fingerprint density at radius 1 is 0.842 bits per heavy atom. The molecule has 0 atom stereocenters. The molecule has 4 heteroatoms. The average molecular weight is 262 g/mol. The molecule has 0 unspecified atom stereocenters. The van der Waals surface area contributed by atoms with Crippen LogP contribution >= 0.6 is 0 Å². The largest absolute Gasteiger partial charge is 0.369 e. The van der Waals surface area contributed by atoms with E-state index in [-0.39, 0.29) is 0 Å². The van der Waals surface area contributed by atoms with Crippen molar-refractivity contribution in [2.45, 2.75) is 45.4 Å². The summed E-state index contributed by atoms with van der Waals surface area (Å²) in [7, 11) is 0. The fraction of sp³-hybridized carbons (Fsp3) is 0.467. The fourth-order valence-corrected chi connectivity index (χ4v) is 1.79. The Hall–Kier alpha value is -1.84. The smallest absolute Gasteiger partial charge is 0.227 e. The highest BCUT2D eigenvalue weighted by Gasteiger charge is 2.32. The topological polar surface area (TPSA) is 86.2 Å². The Morgan fingerprint density at radius 2 is 1.16 bits per heavy atom. The number of hydrogen-bond donors (Lipinski definition) is 2. The number of aryl methyl sites for hydroxylation is 1. The third kappa shape index (κ3) is 2.78. The highest BCUT2D eigenvalue weighted by atomic mass is 16.1. The summed E-state index contributed by atoms with van der Waals surface area (Å²) in [4.78, 5) is 23.1. The summed E-state index contributed by atoms with van der Waals surface area (Å²) in [6.07, 6.45) is 0. The summed E-state index contributed by atoms with van der Waals surface area (Å²) in [5, 5.41) is 0. The van der Waals surface area contributed by atoms with Crippen LogP contribution in [0.15, 0.2) is 18.2 Å². The van der Waals surface area contributed by atoms with Crippen LogP contribution in [0, 0.1) is 6.92 Å². The molecule has 1 aromatic carbocycles. The standard InChI is InChI=1S/C15H22N2O2/c1-9-6-10(14(2,3)12(16)18)8-11(7-9)15(4,5)13(17)19/h6-8H,1-5H3,(H2,16,18)(H2,17,19). The molecule has 1 rings (SSSR count). The van der Waals surface area contributed by atoms with Crippen LogP contribution in [-0.4, -0.2) is 11.8 Å². The van der Waals surface area contributed by atoms with Crippen LogP contribution in [0.1, 0.15) is 44.4 Å². The summed E-state index contributed by atoms with van der Waals surface area (Å²) in [6.45, 7) is 8.99. The molecule has 0 saturated heterocycles. The van der Waals surface area contributed by atoms with Crippen molar-refractivity contribution in [1.82, 2.24) is 0 Å². The molecule has 0 aliphatic heterocycles. The van der Waals surface area contributed by atoms with Crippen molar-refractivity contribution in [2.24, 2.45) is 11.5 Å². The summed E-state index contributed by atoms with van der Waals surface area (Å²) in [6, 6.07) is 5.65. The third-order valence-electron chi connectivity index (χ3n) is 3.75. The van der Waals surface area contributed by atoms with E-state index in [1.165, 1.54) is 0 Å². The molecule has 2 amide bonds. The van der Waals surface area contributed by atoms with Gasteiger partial charge < -0.3 is 11.5 Å². The van der Waals surface area contributed by atoms with Gasteiger partial charge in [-0.2, -0.15) is 0 Å². The molecule has 104 valence electrons. The van der Waals surface area contributed by atoms with Crippen molar-refractivity contribution >= 4 is 11.8 Å². The van der Waals surface area contributed by atoms with Crippen LogP contribution < -0.4 is 11.5 Å². The molecule has 0 fully saturated rings. The molecule has 0 heterocycles. The number of primary amides is 2. The predicted molar refractivity (Wildman–Crippen MR) is 75.6 cm³/mol. The van der Waals surface area contributed by atoms with Gasteiger partial charge in [-0.1, -0.05) is 23.8 Å². The molecule has 0 spiro atoms. The second-order valence-corrected chi connectivity index (χ2v) is 6.07. The van der Waals surface area contributed by atoms with E-state index in [0.29, 0.717) is 0 Å². The SMILES string of the molecule is Cc1cc(C(C)(C)C(N)=O)cc(C(C)(C)C(N)=O)c1. The Morgan fingerprint density at radius 3 is 1.42 bits per heavy atom. The summed E-state index contributed by atoms with van der Waals surface area (Å²) < 4.78 is 0. The highest BCUT2D eigenvalue weighted by Crippen LogP contribution is 2.30. The third-order valence-corrected chi connectivity index (χ3v) is 3.75. The molecule has 0 bridgehead atoms. The first kappa shape index (κ1) is 15.2. The zero-order valence-corrected chi connectivity index (χ0v) is 12.2. The molecule has 0 radical (unpaired) electrons. The highest BCUT2D eigenvalue weighted by molar-refractivity contribution is 5.87. The van der Waals surface area contributed by atoms with Crippen LogP contribution in [0.5, 0.6) is 0 Å². The van der Waals surface area contributed by atoms with Crippen molar-refractivity contribution in [1.29, 1.82) is 0 Å². The van der Waals surface area contributed by atoms with Gasteiger partial charge in [-0.05, 0) is 45.7 Å². The lowest BCUT2D eigenvalue weighted by Crippen LogP contribution is -2.38. The van der Waals surface area contributed by atoms with Crippen LogP contribution in [0.2, 0.25) is 0 Å². The number of carbonyl (C=O) groups excluding carboxylic acids is 2. The minimum Gasteiger partial charge on any atom is -0.369 e. The zero-order valence-electron chi connectivity index (χ0n) is 12.2. The molecule has 0 aliphatic carbocycles. The van der Waals surface area contributed by atoms with E-state index in [4.69, 9.17) is 11.5 Å². The van der Waals surface area contributed by atoms with Gasteiger partial charge >= 0.3 is 0 Å². The van der Waals surface area contributed by atoms with Crippen molar-refractivity contribution in [3.8, 4) is 0 Å². The number of nitrogens with two attached hydrogens (primary N) is 2. The quantitative estimate of drug-likeness (QED) is 0.862. The van der Waals surface area contributed by atoms with Gasteiger partial charge in [0.25, 0.3) is 0 Å². The second-order valence-electron chi connectivity index (χ2n) is 6.07. The van der Waals surface area contributed by atoms with Gasteiger partial charge in [-0.3, -0.25) is 9.59 Å². The van der Waals surface area contributed by atoms with Crippen LogP contribution in [0.3, 0.4) is 0 Å². The van der Waals surface area contributed by atoms with Crippen LogP contribution in [0.25, 0.3) is 0 Å². The van der Waals surface area contributed by atoms with Gasteiger partial charge in [0.05, 0.1) is 10.8 Å². The number of rotatable bonds is 4. The van der Waals surface area contributed by atoms with Gasteiger partial charge in [0, 0.05) is 0 Å². The summed E-state index contributed by atoms with van der Waals surface area (Å²) in [5.41, 5.74) is 11.9. The Kier molecular flexibility index (Phi) is 3.75. The maximum atomic E-state index is 11.6. The van der Waals surface area contributed by atoms with Crippen molar-refractivity contribution in [3.05, 3.63) is 34.9 Å². The summed E-state index contributed by atoms with van der Waals surface area (Å²) in [5.74, 6) is -0.804. The van der Waals surface area contributed by atoms with E-state index >= 15 is 0 Å². The zero-order chi connectivity index (χ0) is 15.0. The van der Waals surface area contributed by atoms with E-state index in [1.807, 2.05) is 25.1 Å². The van der Waals surface area contributed by atoms with E-state index < -0.39 is 22.6 Å². The average Bonchev–Trinajstić information content (AvgIpc) is 2.27. The van der Waals surface area contributed by atoms with E-state index in [1.54, 1.807) is 27.7 Å². The molecule has 1 aromatic rings. The molecular weight excluding hydrogens is 240 g/mol. The Bertz CT molecular complexity index is 487. The van der Waals surface area contributed by atoms with Gasteiger partial charge in [-0.15, -0.1) is 0 Å². The van der Waals surface area contributed by atoms with Gasteiger partial charge in [-0.25, -0.2) is 0 Å². The normalized spacial score (nSPS) is 12.3. The van der Waals surface area contributed by atoms with Crippen LogP contribution in [0.4, 0.5) is 0 Å². The molecule has 0 aromatic heterocycles. The Labute approximate surface area is 114 Å². The maximum absolute atomic E-state index is 11.6. The van der Waals surface area contributed by atoms with Gasteiger partial charge in [0.1, 0.15) is 0 Å². The molecule has 4 nitrogen and oxygen atoms in total. The minimum atomic E-state index is -0.783. The maximum Gasteiger partial charge on any atom is 0.227 e. The van der Waals surface area contributed by atoms with Crippen molar-refractivity contribution in [2.75, 3.05) is 0 Å². The number of amides is 2. The lowest BCUT2D eigenvalue weighted by Gasteiger charge is -2.27. The molecular formula is C15H22N2O2. The first-order valence-electron chi connectivity index (χ1n) is 6.22. The number of hydrogen-bond acceptors (Lipinski definition) is 2. The van der Waals surface area contributed by atoms with E-state index in [9.17, 15) is 9.59 Å². The number of carbonyl (C=O) groups is 2. The first-order chi connectivity index (χ1) is 8.49. The molecule has 4 N–H and O–H groups in total. The van der Waals surface area contributed by atoms with E-state index in [0.717, 1.165) is 16.7 Å². The molecule has 0 aliphatic rings. The second kappa shape index (κ2) is 4.68. The van der Waals surface area contributed by atoms with Crippen molar-refractivity contribution in [3.63, 3.8) is 0 Å². The minimum absolute atomic E-state index is 0.402.